The number of carbonyl (C=O) groups is 1. The Kier molecular flexibility index (Phi) is 3.81. The first-order valence-electron chi connectivity index (χ1n) is 5.38. The number of nitrogens with zero attached hydrogens (tertiary/aromatic N) is 2. The molecule has 0 bridgehead atoms. The van der Waals surface area contributed by atoms with Gasteiger partial charge in [-0.15, -0.1) is 0 Å². The lowest BCUT2D eigenvalue weighted by molar-refractivity contribution is -0.384. The molecular weight excluding hydrogens is 286 g/mol. The number of para-hydroxylation sites is 1. The number of nitro benzene ring substituents is 1. The zero-order chi connectivity index (χ0) is 14.7. The molecule has 20 heavy (non-hydrogen) atoms. The van der Waals surface area contributed by atoms with Gasteiger partial charge in [-0.05, 0) is 18.2 Å². The fourth-order valence-electron chi connectivity index (χ4n) is 1.50. The van der Waals surface area contributed by atoms with Crippen molar-refractivity contribution in [1.82, 2.24) is 4.98 Å². The van der Waals surface area contributed by atoms with Crippen molar-refractivity contribution in [3.8, 4) is 5.75 Å². The highest BCUT2D eigenvalue weighted by atomic mass is 35.5. The van der Waals surface area contributed by atoms with Gasteiger partial charge >= 0.3 is 0 Å². The Morgan fingerprint density at radius 2 is 2.10 bits per heavy atom. The lowest BCUT2D eigenvalue weighted by Crippen LogP contribution is -2.14. The minimum atomic E-state index is -0.704. The van der Waals surface area contributed by atoms with Gasteiger partial charge in [-0.2, -0.15) is 0 Å². The highest BCUT2D eigenvalue weighted by Crippen LogP contribution is 2.33. The van der Waals surface area contributed by atoms with Gasteiger partial charge in [-0.1, -0.05) is 17.7 Å². The summed E-state index contributed by atoms with van der Waals surface area (Å²) in [5.41, 5.74) is -0.668. The van der Waals surface area contributed by atoms with E-state index in [1.165, 1.54) is 36.5 Å². The molecular formula is C12H8ClN3O4. The molecule has 0 saturated carbocycles. The maximum atomic E-state index is 11.9. The summed E-state index contributed by atoms with van der Waals surface area (Å²) in [6, 6.07) is 6.54. The summed E-state index contributed by atoms with van der Waals surface area (Å²) in [7, 11) is 0. The molecule has 0 radical (unpaired) electrons. The van der Waals surface area contributed by atoms with Crippen molar-refractivity contribution >= 4 is 28.9 Å². The molecule has 0 fully saturated rings. The summed E-state index contributed by atoms with van der Waals surface area (Å²) in [6.07, 6.45) is 1.27. The smallest absolute Gasteiger partial charge is 0.296 e. The van der Waals surface area contributed by atoms with Gasteiger partial charge in [0.1, 0.15) is 11.4 Å². The van der Waals surface area contributed by atoms with E-state index in [4.69, 9.17) is 11.6 Å². The summed E-state index contributed by atoms with van der Waals surface area (Å²) in [4.78, 5) is 25.8. The summed E-state index contributed by atoms with van der Waals surface area (Å²) in [6.45, 7) is 0. The molecule has 1 aromatic heterocycles. The van der Waals surface area contributed by atoms with Crippen molar-refractivity contribution in [2.75, 3.05) is 5.32 Å². The van der Waals surface area contributed by atoms with E-state index < -0.39 is 22.3 Å². The Bertz CT molecular complexity index is 673. The van der Waals surface area contributed by atoms with Gasteiger partial charge in [0.15, 0.2) is 5.69 Å². The number of nitrogens with one attached hydrogen (secondary N) is 1. The van der Waals surface area contributed by atoms with E-state index in [0.717, 1.165) is 0 Å². The molecule has 8 heteroatoms. The van der Waals surface area contributed by atoms with Crippen molar-refractivity contribution in [2.45, 2.75) is 0 Å². The molecule has 0 aliphatic rings. The van der Waals surface area contributed by atoms with Crippen molar-refractivity contribution < 1.29 is 14.8 Å². The zero-order valence-electron chi connectivity index (χ0n) is 9.91. The fourth-order valence-corrected chi connectivity index (χ4v) is 1.61. The highest BCUT2D eigenvalue weighted by Gasteiger charge is 2.20. The number of hydrogen-bond acceptors (Lipinski definition) is 5. The number of aromatic nitrogens is 1. The molecule has 102 valence electrons. The second-order valence-electron chi connectivity index (χ2n) is 3.74. The molecule has 1 amide bonds. The minimum absolute atomic E-state index is 0.0203. The predicted octanol–water partition coefficient (Wildman–Crippen LogP) is 2.60. The fraction of sp³-hybridized carbons (Fsp3) is 0. The largest absolute Gasteiger partial charge is 0.505 e. The average molecular weight is 294 g/mol. The molecule has 0 atom stereocenters. The number of phenolic OH excluding ortho intramolecular Hbond substituents is 1. The molecule has 0 aliphatic heterocycles. The summed E-state index contributed by atoms with van der Waals surface area (Å²) in [5, 5.41) is 23.1. The number of hydrogen-bond donors (Lipinski definition) is 2. The monoisotopic (exact) mass is 293 g/mol. The van der Waals surface area contributed by atoms with E-state index >= 15 is 0 Å². The molecule has 1 aromatic carbocycles. The summed E-state index contributed by atoms with van der Waals surface area (Å²) in [5.74, 6) is -1.09. The first-order valence-corrected chi connectivity index (χ1v) is 5.76. The maximum Gasteiger partial charge on any atom is 0.296 e. The number of amides is 1. The molecule has 2 rings (SSSR count). The van der Waals surface area contributed by atoms with Crippen LogP contribution < -0.4 is 5.32 Å². The first-order chi connectivity index (χ1) is 9.49. The summed E-state index contributed by atoms with van der Waals surface area (Å²) >= 11 is 5.65. The molecule has 2 aromatic rings. The van der Waals surface area contributed by atoms with Gasteiger partial charge in [-0.25, -0.2) is 4.98 Å². The Morgan fingerprint density at radius 1 is 1.35 bits per heavy atom. The van der Waals surface area contributed by atoms with E-state index in [2.05, 4.69) is 10.3 Å². The number of rotatable bonds is 3. The third kappa shape index (κ3) is 2.83. The number of aromatic hydroxyl groups is 1. The predicted molar refractivity (Wildman–Crippen MR) is 72.0 cm³/mol. The number of anilines is 1. The van der Waals surface area contributed by atoms with Gasteiger partial charge in [0.05, 0.1) is 9.95 Å². The number of pyridine rings is 1. The molecule has 7 nitrogen and oxygen atoms in total. The van der Waals surface area contributed by atoms with Crippen LogP contribution >= 0.6 is 11.6 Å². The second kappa shape index (κ2) is 5.54. The van der Waals surface area contributed by atoms with E-state index in [0.29, 0.717) is 5.02 Å². The van der Waals surface area contributed by atoms with Crippen LogP contribution in [0.1, 0.15) is 10.5 Å². The number of phenols is 1. The van der Waals surface area contributed by atoms with Crippen LogP contribution in [0.25, 0.3) is 0 Å². The Morgan fingerprint density at radius 3 is 2.70 bits per heavy atom. The quantitative estimate of drug-likeness (QED) is 0.514. The van der Waals surface area contributed by atoms with E-state index in [1.807, 2.05) is 0 Å². The number of nitro groups is 1. The van der Waals surface area contributed by atoms with Crippen molar-refractivity contribution in [3.63, 3.8) is 0 Å². The van der Waals surface area contributed by atoms with Crippen molar-refractivity contribution in [3.05, 3.63) is 57.4 Å². The Hall–Kier alpha value is -2.67. The standard InChI is InChI=1S/C12H8ClN3O4/c13-7-4-5-8(14-6-7)12(18)15-11-9(16(19)20)2-1-3-10(11)17/h1-6,17H,(H,15,18). The molecule has 0 aliphatic carbocycles. The molecule has 1 heterocycles. The zero-order valence-corrected chi connectivity index (χ0v) is 10.7. The number of halogens is 1. The van der Waals surface area contributed by atoms with E-state index in [1.54, 1.807) is 0 Å². The van der Waals surface area contributed by atoms with Crippen LogP contribution in [0.4, 0.5) is 11.4 Å². The number of carbonyl (C=O) groups excluding carboxylic acids is 1. The Labute approximate surface area is 118 Å². The second-order valence-corrected chi connectivity index (χ2v) is 4.18. The van der Waals surface area contributed by atoms with Crippen LogP contribution in [0.2, 0.25) is 5.02 Å². The van der Waals surface area contributed by atoms with E-state index in [-0.39, 0.29) is 11.4 Å². The highest BCUT2D eigenvalue weighted by molar-refractivity contribution is 6.30. The van der Waals surface area contributed by atoms with Gasteiger partial charge in [0.25, 0.3) is 11.6 Å². The molecule has 2 N–H and O–H groups in total. The van der Waals surface area contributed by atoms with Crippen LogP contribution in [0.15, 0.2) is 36.5 Å². The van der Waals surface area contributed by atoms with Crippen LogP contribution in [-0.2, 0) is 0 Å². The van der Waals surface area contributed by atoms with Crippen molar-refractivity contribution in [1.29, 1.82) is 0 Å². The van der Waals surface area contributed by atoms with Crippen LogP contribution in [0.3, 0.4) is 0 Å². The first kappa shape index (κ1) is 13.8. The number of benzene rings is 1. The Balaban J connectivity index is 2.32. The SMILES string of the molecule is O=C(Nc1c(O)cccc1[N+](=O)[O-])c1ccc(Cl)cn1. The van der Waals surface area contributed by atoms with Crippen molar-refractivity contribution in [2.24, 2.45) is 0 Å². The molecule has 0 unspecified atom stereocenters. The van der Waals surface area contributed by atoms with Crippen LogP contribution in [-0.4, -0.2) is 20.9 Å². The maximum absolute atomic E-state index is 11.9. The van der Waals surface area contributed by atoms with Crippen LogP contribution in [0, 0.1) is 10.1 Å². The minimum Gasteiger partial charge on any atom is -0.505 e. The molecule has 0 spiro atoms. The normalized spacial score (nSPS) is 10.1. The van der Waals surface area contributed by atoms with Gasteiger partial charge in [0.2, 0.25) is 0 Å². The molecule has 0 saturated heterocycles. The van der Waals surface area contributed by atoms with Gasteiger partial charge < -0.3 is 10.4 Å². The van der Waals surface area contributed by atoms with Gasteiger partial charge in [-0.3, -0.25) is 14.9 Å². The average Bonchev–Trinajstić information content (AvgIpc) is 2.41. The van der Waals surface area contributed by atoms with E-state index in [9.17, 15) is 20.0 Å². The summed E-state index contributed by atoms with van der Waals surface area (Å²) < 4.78 is 0. The van der Waals surface area contributed by atoms with Gasteiger partial charge in [0, 0.05) is 12.3 Å². The van der Waals surface area contributed by atoms with Crippen LogP contribution in [0.5, 0.6) is 5.75 Å². The lowest BCUT2D eigenvalue weighted by Gasteiger charge is -2.07. The third-order valence-corrected chi connectivity index (χ3v) is 2.64. The topological polar surface area (TPSA) is 105 Å². The third-order valence-electron chi connectivity index (χ3n) is 2.42. The lowest BCUT2D eigenvalue weighted by atomic mass is 10.2.